The lowest BCUT2D eigenvalue weighted by atomic mass is 9.83. The highest BCUT2D eigenvalue weighted by Gasteiger charge is 2.29. The van der Waals surface area contributed by atoms with Crippen LogP contribution in [0.4, 0.5) is 5.69 Å². The van der Waals surface area contributed by atoms with Gasteiger partial charge in [-0.25, -0.2) is 4.98 Å². The Morgan fingerprint density at radius 2 is 2.10 bits per heavy atom. The molecule has 1 saturated carbocycles. The van der Waals surface area contributed by atoms with Gasteiger partial charge in [-0.05, 0) is 43.9 Å². The number of nitrogens with zero attached hydrogens (tertiary/aromatic N) is 1. The molecule has 4 nitrogen and oxygen atoms in total. The summed E-state index contributed by atoms with van der Waals surface area (Å²) in [7, 11) is 0. The van der Waals surface area contributed by atoms with Gasteiger partial charge in [-0.1, -0.05) is 13.8 Å². The number of oxazole rings is 1. The summed E-state index contributed by atoms with van der Waals surface area (Å²) >= 11 is 0. The Labute approximate surface area is 125 Å². The lowest BCUT2D eigenvalue weighted by molar-refractivity contribution is 0.127. The average molecular weight is 288 g/mol. The number of aliphatic hydroxyl groups is 1. The fourth-order valence-corrected chi connectivity index (χ4v) is 2.63. The number of rotatable bonds is 7. The maximum Gasteiger partial charge on any atom is 0.198 e. The Morgan fingerprint density at radius 3 is 2.71 bits per heavy atom. The van der Waals surface area contributed by atoms with Gasteiger partial charge in [0.1, 0.15) is 5.52 Å². The quantitative estimate of drug-likeness (QED) is 0.811. The van der Waals surface area contributed by atoms with Gasteiger partial charge in [0, 0.05) is 23.6 Å². The zero-order chi connectivity index (χ0) is 14.9. The van der Waals surface area contributed by atoms with Crippen LogP contribution in [0, 0.1) is 5.41 Å². The molecule has 2 N–H and O–H groups in total. The van der Waals surface area contributed by atoms with Gasteiger partial charge >= 0.3 is 0 Å². The topological polar surface area (TPSA) is 58.3 Å². The summed E-state index contributed by atoms with van der Waals surface area (Å²) in [6.07, 6.45) is 4.32. The molecule has 0 bridgehead atoms. The predicted molar refractivity (Wildman–Crippen MR) is 84.6 cm³/mol. The van der Waals surface area contributed by atoms with Crippen LogP contribution in [0.15, 0.2) is 22.6 Å². The Balaban J connectivity index is 1.74. The van der Waals surface area contributed by atoms with E-state index in [2.05, 4.69) is 24.1 Å². The normalized spacial score (nSPS) is 15.6. The van der Waals surface area contributed by atoms with Gasteiger partial charge < -0.3 is 14.8 Å². The Kier molecular flexibility index (Phi) is 3.89. The third-order valence-corrected chi connectivity index (χ3v) is 4.83. The van der Waals surface area contributed by atoms with Gasteiger partial charge in [-0.3, -0.25) is 0 Å². The van der Waals surface area contributed by atoms with Crippen molar-refractivity contribution >= 4 is 16.8 Å². The summed E-state index contributed by atoms with van der Waals surface area (Å²) in [6.45, 7) is 5.24. The Hall–Kier alpha value is -1.55. The van der Waals surface area contributed by atoms with Crippen LogP contribution in [0.3, 0.4) is 0 Å². The van der Waals surface area contributed by atoms with Crippen molar-refractivity contribution in [2.45, 2.75) is 45.4 Å². The van der Waals surface area contributed by atoms with Crippen LogP contribution in [0.1, 0.15) is 51.3 Å². The second-order valence-electron chi connectivity index (χ2n) is 6.23. The molecule has 0 spiro atoms. The number of aromatic nitrogens is 1. The summed E-state index contributed by atoms with van der Waals surface area (Å²) in [5.74, 6) is 1.42. The standard InChI is InChI=1S/C17H24N2O2/c1-3-17(4-2,11-20)10-18-13-7-8-15-14(9-13)19-16(21-15)12-5-6-12/h7-9,12,18,20H,3-6,10-11H2,1-2H3. The second-order valence-corrected chi connectivity index (χ2v) is 6.23. The third kappa shape index (κ3) is 2.91. The first kappa shape index (κ1) is 14.4. The lowest BCUT2D eigenvalue weighted by Gasteiger charge is -2.30. The summed E-state index contributed by atoms with van der Waals surface area (Å²) in [6, 6.07) is 6.05. The minimum Gasteiger partial charge on any atom is -0.440 e. The molecule has 4 heteroatoms. The van der Waals surface area contributed by atoms with Crippen molar-refractivity contribution in [3.8, 4) is 0 Å². The van der Waals surface area contributed by atoms with Crippen LogP contribution in [0.25, 0.3) is 11.1 Å². The van der Waals surface area contributed by atoms with Crippen LogP contribution in [-0.2, 0) is 0 Å². The molecule has 0 amide bonds. The van der Waals surface area contributed by atoms with Crippen LogP contribution >= 0.6 is 0 Å². The smallest absolute Gasteiger partial charge is 0.198 e. The van der Waals surface area contributed by atoms with Gasteiger partial charge in [0.2, 0.25) is 0 Å². The fraction of sp³-hybridized carbons (Fsp3) is 0.588. The first-order valence-corrected chi connectivity index (χ1v) is 7.95. The highest BCUT2D eigenvalue weighted by Crippen LogP contribution is 2.40. The molecule has 3 rings (SSSR count). The highest BCUT2D eigenvalue weighted by atomic mass is 16.3. The summed E-state index contributed by atoms with van der Waals surface area (Å²) in [4.78, 5) is 4.58. The van der Waals surface area contributed by atoms with Gasteiger partial charge in [0.25, 0.3) is 0 Å². The van der Waals surface area contributed by atoms with Gasteiger partial charge in [-0.2, -0.15) is 0 Å². The van der Waals surface area contributed by atoms with Gasteiger partial charge in [0.05, 0.1) is 6.61 Å². The van der Waals surface area contributed by atoms with E-state index in [4.69, 9.17) is 4.42 Å². The molecular weight excluding hydrogens is 264 g/mol. The molecule has 1 aromatic heterocycles. The van der Waals surface area contributed by atoms with Crippen molar-refractivity contribution in [3.63, 3.8) is 0 Å². The molecule has 0 saturated heterocycles. The van der Waals surface area contributed by atoms with E-state index < -0.39 is 0 Å². The van der Waals surface area contributed by atoms with Crippen molar-refractivity contribution in [1.82, 2.24) is 4.98 Å². The van der Waals surface area contributed by atoms with Crippen LogP contribution in [0.2, 0.25) is 0 Å². The number of aliphatic hydroxyl groups excluding tert-OH is 1. The van der Waals surface area contributed by atoms with Crippen LogP contribution in [0.5, 0.6) is 0 Å². The third-order valence-electron chi connectivity index (χ3n) is 4.83. The molecular formula is C17H24N2O2. The molecule has 21 heavy (non-hydrogen) atoms. The fourth-order valence-electron chi connectivity index (χ4n) is 2.63. The Bertz CT molecular complexity index is 604. The van der Waals surface area contributed by atoms with Crippen molar-refractivity contribution in [3.05, 3.63) is 24.1 Å². The molecule has 0 radical (unpaired) electrons. The van der Waals surface area contributed by atoms with Gasteiger partial charge in [-0.15, -0.1) is 0 Å². The maximum atomic E-state index is 9.63. The summed E-state index contributed by atoms with van der Waals surface area (Å²) < 4.78 is 5.78. The van der Waals surface area contributed by atoms with Crippen LogP contribution in [-0.4, -0.2) is 23.2 Å². The predicted octanol–water partition coefficient (Wildman–Crippen LogP) is 3.92. The minimum absolute atomic E-state index is 0.0437. The van der Waals surface area contributed by atoms with Crippen LogP contribution < -0.4 is 5.32 Å². The highest BCUT2D eigenvalue weighted by molar-refractivity contribution is 5.77. The first-order valence-electron chi connectivity index (χ1n) is 7.95. The number of hydrogen-bond donors (Lipinski definition) is 2. The number of benzene rings is 1. The van der Waals surface area contributed by atoms with E-state index in [9.17, 15) is 5.11 Å². The molecule has 1 aliphatic rings. The largest absolute Gasteiger partial charge is 0.440 e. The minimum atomic E-state index is -0.0437. The summed E-state index contributed by atoms with van der Waals surface area (Å²) in [5.41, 5.74) is 2.78. The molecule has 1 heterocycles. The van der Waals surface area contributed by atoms with Gasteiger partial charge in [0.15, 0.2) is 11.5 Å². The molecule has 2 aromatic rings. The summed E-state index contributed by atoms with van der Waals surface area (Å²) in [5, 5.41) is 13.1. The molecule has 114 valence electrons. The molecule has 1 aromatic carbocycles. The van der Waals surface area contributed by atoms with E-state index in [0.29, 0.717) is 5.92 Å². The van der Waals surface area contributed by atoms with Crippen molar-refractivity contribution < 1.29 is 9.52 Å². The van der Waals surface area contributed by atoms with Crippen molar-refractivity contribution in [2.75, 3.05) is 18.5 Å². The Morgan fingerprint density at radius 1 is 1.33 bits per heavy atom. The average Bonchev–Trinajstić information content (AvgIpc) is 3.29. The van der Waals surface area contributed by atoms with E-state index in [1.165, 1.54) is 12.8 Å². The zero-order valence-corrected chi connectivity index (χ0v) is 12.9. The lowest BCUT2D eigenvalue weighted by Crippen LogP contribution is -2.32. The monoisotopic (exact) mass is 288 g/mol. The first-order chi connectivity index (χ1) is 10.2. The second kappa shape index (κ2) is 5.68. The van der Waals surface area contributed by atoms with E-state index in [1.54, 1.807) is 0 Å². The number of nitrogens with one attached hydrogen (secondary N) is 1. The maximum absolute atomic E-state index is 9.63. The molecule has 0 unspecified atom stereocenters. The van der Waals surface area contributed by atoms with E-state index in [-0.39, 0.29) is 12.0 Å². The van der Waals surface area contributed by atoms with E-state index >= 15 is 0 Å². The molecule has 0 atom stereocenters. The SMILES string of the molecule is CCC(CC)(CO)CNc1ccc2oc(C3CC3)nc2c1. The number of fused-ring (bicyclic) bond motifs is 1. The van der Waals surface area contributed by atoms with Crippen molar-refractivity contribution in [1.29, 1.82) is 0 Å². The molecule has 0 aliphatic heterocycles. The zero-order valence-electron chi connectivity index (χ0n) is 12.9. The van der Waals surface area contributed by atoms with Crippen molar-refractivity contribution in [2.24, 2.45) is 5.41 Å². The molecule has 1 aliphatic carbocycles. The molecule has 1 fully saturated rings. The van der Waals surface area contributed by atoms with E-state index in [0.717, 1.165) is 42.1 Å². The van der Waals surface area contributed by atoms with E-state index in [1.807, 2.05) is 18.2 Å². The number of anilines is 1. The number of hydrogen-bond acceptors (Lipinski definition) is 4.